The van der Waals surface area contributed by atoms with Gasteiger partial charge in [0, 0.05) is 23.3 Å². The van der Waals surface area contributed by atoms with Gasteiger partial charge in [0.1, 0.15) is 11.9 Å². The van der Waals surface area contributed by atoms with E-state index in [1.165, 1.54) is 7.11 Å². The molecule has 0 aliphatic carbocycles. The molecule has 2 heterocycles. The number of terminal acetylenes is 1. The van der Waals surface area contributed by atoms with Gasteiger partial charge in [-0.2, -0.15) is 0 Å². The molecule has 1 aliphatic heterocycles. The van der Waals surface area contributed by atoms with Crippen LogP contribution in [0.2, 0.25) is 0 Å². The second-order valence-electron chi connectivity index (χ2n) is 5.07. The van der Waals surface area contributed by atoms with Crippen molar-refractivity contribution in [2.75, 3.05) is 20.3 Å². The monoisotopic (exact) mass is 309 g/mol. The number of hydrogen-bond donors (Lipinski definition) is 0. The van der Waals surface area contributed by atoms with E-state index in [9.17, 15) is 4.79 Å². The van der Waals surface area contributed by atoms with Gasteiger partial charge in [-0.3, -0.25) is 0 Å². The zero-order valence-electron chi connectivity index (χ0n) is 12.6. The van der Waals surface area contributed by atoms with Crippen LogP contribution in [0.3, 0.4) is 0 Å². The fourth-order valence-corrected chi connectivity index (χ4v) is 2.17. The number of ether oxygens (including phenoxy) is 3. The van der Waals surface area contributed by atoms with E-state index in [1.807, 2.05) is 24.3 Å². The smallest absolute Gasteiger partial charge is 0.356 e. The second kappa shape index (κ2) is 6.51. The number of benzene rings is 1. The first-order chi connectivity index (χ1) is 11.2. The van der Waals surface area contributed by atoms with Crippen LogP contribution in [-0.4, -0.2) is 37.4 Å². The Balaban J connectivity index is 2.01. The van der Waals surface area contributed by atoms with Crippen LogP contribution in [0.4, 0.5) is 0 Å². The Bertz CT molecular complexity index is 775. The van der Waals surface area contributed by atoms with Gasteiger partial charge in [-0.1, -0.05) is 18.1 Å². The first-order valence-electron chi connectivity index (χ1n) is 7.11. The molecule has 0 saturated carbocycles. The third-order valence-electron chi connectivity index (χ3n) is 3.43. The van der Waals surface area contributed by atoms with E-state index in [2.05, 4.69) is 10.9 Å². The molecule has 3 rings (SSSR count). The van der Waals surface area contributed by atoms with Crippen LogP contribution in [0.25, 0.3) is 11.3 Å². The molecule has 116 valence electrons. The van der Waals surface area contributed by atoms with E-state index in [1.54, 1.807) is 12.1 Å². The van der Waals surface area contributed by atoms with Gasteiger partial charge in [0.2, 0.25) is 0 Å². The molecule has 1 aromatic heterocycles. The zero-order chi connectivity index (χ0) is 16.2. The summed E-state index contributed by atoms with van der Waals surface area (Å²) in [6, 6.07) is 10.7. The molecular formula is C18H15NO4. The third kappa shape index (κ3) is 3.33. The molecule has 1 aromatic carbocycles. The Morgan fingerprint density at radius 3 is 2.83 bits per heavy atom. The zero-order valence-corrected chi connectivity index (χ0v) is 12.6. The molecule has 1 fully saturated rings. The minimum Gasteiger partial charge on any atom is -0.485 e. The molecule has 0 amide bonds. The van der Waals surface area contributed by atoms with E-state index in [-0.39, 0.29) is 11.8 Å². The van der Waals surface area contributed by atoms with Crippen molar-refractivity contribution in [2.45, 2.75) is 6.10 Å². The molecule has 5 heteroatoms. The van der Waals surface area contributed by atoms with Crippen molar-refractivity contribution in [1.82, 2.24) is 4.98 Å². The number of rotatable bonds is 4. The maximum atomic E-state index is 11.8. The number of methoxy groups -OCH3 is 1. The van der Waals surface area contributed by atoms with Gasteiger partial charge in [-0.25, -0.2) is 9.78 Å². The van der Waals surface area contributed by atoms with E-state index >= 15 is 0 Å². The predicted octanol–water partition coefficient (Wildman–Crippen LogP) is 2.29. The van der Waals surface area contributed by atoms with Gasteiger partial charge in [0.05, 0.1) is 26.0 Å². The maximum absolute atomic E-state index is 11.8. The van der Waals surface area contributed by atoms with Gasteiger partial charge in [-0.05, 0) is 12.1 Å². The third-order valence-corrected chi connectivity index (χ3v) is 3.43. The molecule has 1 saturated heterocycles. The summed E-state index contributed by atoms with van der Waals surface area (Å²) in [5.74, 6) is 2.62. The minimum atomic E-state index is -0.519. The van der Waals surface area contributed by atoms with Gasteiger partial charge in [-0.15, -0.1) is 6.42 Å². The van der Waals surface area contributed by atoms with Crippen LogP contribution in [0.15, 0.2) is 36.4 Å². The standard InChI is InChI=1S/C18H15NO4/c1-3-12-5-4-6-13(7-12)16-8-14(23-15-10-22-11-15)9-17(19-16)18(20)21-2/h1,4-9,15H,10-11H2,2H3. The lowest BCUT2D eigenvalue weighted by Gasteiger charge is -2.27. The van der Waals surface area contributed by atoms with Crippen molar-refractivity contribution in [3.05, 3.63) is 47.7 Å². The Morgan fingerprint density at radius 2 is 2.17 bits per heavy atom. The molecule has 0 unspecified atom stereocenters. The SMILES string of the molecule is C#Cc1cccc(-c2cc(OC3COC3)cc(C(=O)OC)n2)c1. The molecular weight excluding hydrogens is 294 g/mol. The van der Waals surface area contributed by atoms with Gasteiger partial charge < -0.3 is 14.2 Å². The fourth-order valence-electron chi connectivity index (χ4n) is 2.17. The molecule has 0 spiro atoms. The first kappa shape index (κ1) is 15.1. The Kier molecular flexibility index (Phi) is 4.26. The van der Waals surface area contributed by atoms with Crippen LogP contribution < -0.4 is 4.74 Å². The number of pyridine rings is 1. The highest BCUT2D eigenvalue weighted by atomic mass is 16.6. The van der Waals surface area contributed by atoms with Crippen molar-refractivity contribution in [3.63, 3.8) is 0 Å². The Hall–Kier alpha value is -2.84. The fraction of sp³-hybridized carbons (Fsp3) is 0.222. The number of carbonyl (C=O) groups is 1. The van der Waals surface area contributed by atoms with E-state index < -0.39 is 5.97 Å². The number of carbonyl (C=O) groups excluding carboxylic acids is 1. The van der Waals surface area contributed by atoms with Crippen LogP contribution >= 0.6 is 0 Å². The quantitative estimate of drug-likeness (QED) is 0.641. The van der Waals surface area contributed by atoms with Crippen LogP contribution in [-0.2, 0) is 9.47 Å². The molecule has 0 bridgehead atoms. The molecule has 0 radical (unpaired) electrons. The summed E-state index contributed by atoms with van der Waals surface area (Å²) in [6.45, 7) is 1.08. The lowest BCUT2D eigenvalue weighted by molar-refractivity contribution is -0.0797. The number of nitrogens with zero attached hydrogens (tertiary/aromatic N) is 1. The summed E-state index contributed by atoms with van der Waals surface area (Å²) in [6.07, 6.45) is 5.43. The van der Waals surface area contributed by atoms with Crippen LogP contribution in [0.5, 0.6) is 5.75 Å². The molecule has 0 atom stereocenters. The molecule has 23 heavy (non-hydrogen) atoms. The average Bonchev–Trinajstić information content (AvgIpc) is 2.57. The predicted molar refractivity (Wildman–Crippen MR) is 84.2 cm³/mol. The normalized spacial score (nSPS) is 13.7. The Morgan fingerprint density at radius 1 is 1.35 bits per heavy atom. The summed E-state index contributed by atoms with van der Waals surface area (Å²) in [7, 11) is 1.32. The molecule has 2 aromatic rings. The summed E-state index contributed by atoms with van der Waals surface area (Å²) in [4.78, 5) is 16.2. The van der Waals surface area contributed by atoms with Crippen molar-refractivity contribution in [3.8, 4) is 29.4 Å². The number of hydrogen-bond acceptors (Lipinski definition) is 5. The first-order valence-corrected chi connectivity index (χ1v) is 7.11. The summed E-state index contributed by atoms with van der Waals surface area (Å²) >= 11 is 0. The van der Waals surface area contributed by atoms with Gasteiger partial charge >= 0.3 is 5.97 Å². The topological polar surface area (TPSA) is 57.7 Å². The van der Waals surface area contributed by atoms with E-state index in [4.69, 9.17) is 20.6 Å². The lowest BCUT2D eigenvalue weighted by Crippen LogP contribution is -2.38. The Labute approximate surface area is 134 Å². The molecule has 5 nitrogen and oxygen atoms in total. The van der Waals surface area contributed by atoms with Crippen LogP contribution in [0.1, 0.15) is 16.1 Å². The second-order valence-corrected chi connectivity index (χ2v) is 5.07. The molecule has 1 aliphatic rings. The van der Waals surface area contributed by atoms with Gasteiger partial charge in [0.15, 0.2) is 5.69 Å². The average molecular weight is 309 g/mol. The summed E-state index contributed by atoms with van der Waals surface area (Å²) in [5.41, 5.74) is 2.33. The van der Waals surface area contributed by atoms with Crippen molar-refractivity contribution in [1.29, 1.82) is 0 Å². The van der Waals surface area contributed by atoms with E-state index in [0.29, 0.717) is 24.7 Å². The van der Waals surface area contributed by atoms with Crippen molar-refractivity contribution < 1.29 is 19.0 Å². The van der Waals surface area contributed by atoms with Crippen molar-refractivity contribution >= 4 is 5.97 Å². The van der Waals surface area contributed by atoms with E-state index in [0.717, 1.165) is 11.1 Å². The highest BCUT2D eigenvalue weighted by molar-refractivity contribution is 5.88. The minimum absolute atomic E-state index is 0.00668. The summed E-state index contributed by atoms with van der Waals surface area (Å²) in [5, 5.41) is 0. The number of aromatic nitrogens is 1. The number of esters is 1. The molecule has 0 N–H and O–H groups in total. The maximum Gasteiger partial charge on any atom is 0.356 e. The summed E-state index contributed by atoms with van der Waals surface area (Å²) < 4.78 is 15.6. The highest BCUT2D eigenvalue weighted by Gasteiger charge is 2.21. The lowest BCUT2D eigenvalue weighted by atomic mass is 10.1. The van der Waals surface area contributed by atoms with Crippen LogP contribution in [0, 0.1) is 12.3 Å². The van der Waals surface area contributed by atoms with Crippen molar-refractivity contribution in [2.24, 2.45) is 0 Å². The van der Waals surface area contributed by atoms with Gasteiger partial charge in [0.25, 0.3) is 0 Å². The largest absolute Gasteiger partial charge is 0.485 e. The highest BCUT2D eigenvalue weighted by Crippen LogP contribution is 2.26.